The average molecular weight is 460 g/mol. The van der Waals surface area contributed by atoms with E-state index >= 15 is 0 Å². The van der Waals surface area contributed by atoms with Crippen molar-refractivity contribution in [3.05, 3.63) is 58.1 Å². The van der Waals surface area contributed by atoms with Crippen LogP contribution in [0.3, 0.4) is 0 Å². The van der Waals surface area contributed by atoms with Crippen LogP contribution >= 0.6 is 11.6 Å². The van der Waals surface area contributed by atoms with Crippen molar-refractivity contribution in [3.8, 4) is 0 Å². The number of amides is 1. The Bertz CT molecular complexity index is 1140. The Hall–Kier alpha value is -2.38. The Kier molecular flexibility index (Phi) is 6.08. The van der Waals surface area contributed by atoms with Gasteiger partial charge in [0.25, 0.3) is 15.9 Å². The van der Waals surface area contributed by atoms with Crippen LogP contribution in [0.2, 0.25) is 5.02 Å². The van der Waals surface area contributed by atoms with Crippen molar-refractivity contribution in [1.82, 2.24) is 5.32 Å². The molecule has 8 heteroatoms. The highest BCUT2D eigenvalue weighted by atomic mass is 35.5. The Morgan fingerprint density at radius 1 is 1.19 bits per heavy atom. The fourth-order valence-corrected chi connectivity index (χ4v) is 5.64. The van der Waals surface area contributed by atoms with Crippen LogP contribution < -0.4 is 10.2 Å². The van der Waals surface area contributed by atoms with Gasteiger partial charge in [0, 0.05) is 13.0 Å². The number of hydrogen-bond acceptors (Lipinski definition) is 4. The molecule has 2 aromatic carbocycles. The van der Waals surface area contributed by atoms with Crippen LogP contribution in [0.5, 0.6) is 0 Å². The summed E-state index contributed by atoms with van der Waals surface area (Å²) < 4.78 is 29.8. The molecule has 1 fully saturated rings. The van der Waals surface area contributed by atoms with Gasteiger partial charge in [-0.3, -0.25) is 4.79 Å². The second-order valence-electron chi connectivity index (χ2n) is 8.09. The van der Waals surface area contributed by atoms with Crippen molar-refractivity contribution in [2.24, 2.45) is 4.40 Å². The number of halogens is 1. The first-order chi connectivity index (χ1) is 14.8. The van der Waals surface area contributed by atoms with E-state index in [1.807, 2.05) is 43.0 Å². The highest BCUT2D eigenvalue weighted by molar-refractivity contribution is 7.90. The molecule has 0 spiro atoms. The fourth-order valence-electron chi connectivity index (χ4n) is 4.13. The topological polar surface area (TPSA) is 78.8 Å². The lowest BCUT2D eigenvalue weighted by molar-refractivity contribution is 0.0935. The van der Waals surface area contributed by atoms with Gasteiger partial charge in [0.1, 0.15) is 10.7 Å². The number of nitrogens with one attached hydrogen (secondary N) is 1. The molecule has 0 aromatic heterocycles. The maximum Gasteiger partial charge on any atom is 0.286 e. The molecule has 0 saturated carbocycles. The van der Waals surface area contributed by atoms with Gasteiger partial charge in [-0.05, 0) is 43.9 Å². The van der Waals surface area contributed by atoms with Crippen molar-refractivity contribution in [1.29, 1.82) is 0 Å². The Balaban J connectivity index is 1.68. The third-order valence-electron chi connectivity index (χ3n) is 5.87. The molecule has 164 valence electrons. The number of carbonyl (C=O) groups excluding carboxylic acids is 1. The van der Waals surface area contributed by atoms with Crippen LogP contribution in [0, 0.1) is 6.92 Å². The second kappa shape index (κ2) is 8.63. The van der Waals surface area contributed by atoms with Gasteiger partial charge in [-0.1, -0.05) is 54.8 Å². The van der Waals surface area contributed by atoms with Crippen LogP contribution in [0.1, 0.15) is 66.6 Å². The SMILES string of the molecule is CCC(NC(=O)c1cc2c(cc1Cl)N1CCCCCC1=NS2(=O)=O)c1ccc(C)cc1. The normalized spacial score (nSPS) is 18.3. The van der Waals surface area contributed by atoms with Gasteiger partial charge in [0.15, 0.2) is 0 Å². The molecule has 0 radical (unpaired) electrons. The molecule has 0 bridgehead atoms. The minimum absolute atomic E-state index is 0.0380. The molecule has 1 unspecified atom stereocenters. The summed E-state index contributed by atoms with van der Waals surface area (Å²) in [6.07, 6.45) is 4.19. The monoisotopic (exact) mass is 459 g/mol. The van der Waals surface area contributed by atoms with E-state index in [1.54, 1.807) is 6.07 Å². The summed E-state index contributed by atoms with van der Waals surface area (Å²) >= 11 is 6.49. The summed E-state index contributed by atoms with van der Waals surface area (Å²) in [6.45, 7) is 4.68. The fraction of sp³-hybridized carbons (Fsp3) is 0.391. The van der Waals surface area contributed by atoms with E-state index in [9.17, 15) is 13.2 Å². The van der Waals surface area contributed by atoms with Crippen LogP contribution in [0.25, 0.3) is 0 Å². The van der Waals surface area contributed by atoms with Gasteiger partial charge in [-0.2, -0.15) is 8.42 Å². The summed E-state index contributed by atoms with van der Waals surface area (Å²) in [6, 6.07) is 10.7. The maximum atomic E-state index is 13.1. The molecule has 1 saturated heterocycles. The molecular formula is C23H26ClN3O3S. The van der Waals surface area contributed by atoms with Crippen molar-refractivity contribution in [2.45, 2.75) is 56.9 Å². The zero-order chi connectivity index (χ0) is 22.2. The first-order valence-electron chi connectivity index (χ1n) is 10.6. The first-order valence-corrected chi connectivity index (χ1v) is 12.4. The minimum atomic E-state index is -3.88. The van der Waals surface area contributed by atoms with Gasteiger partial charge in [-0.15, -0.1) is 4.40 Å². The molecule has 1 atom stereocenters. The lowest BCUT2D eigenvalue weighted by Crippen LogP contribution is -2.36. The van der Waals surface area contributed by atoms with Gasteiger partial charge in [-0.25, -0.2) is 0 Å². The van der Waals surface area contributed by atoms with E-state index in [0.29, 0.717) is 30.9 Å². The molecule has 1 N–H and O–H groups in total. The number of sulfonamides is 1. The quantitative estimate of drug-likeness (QED) is 0.696. The van der Waals surface area contributed by atoms with Crippen molar-refractivity contribution < 1.29 is 13.2 Å². The molecule has 2 heterocycles. The lowest BCUT2D eigenvalue weighted by Gasteiger charge is -2.30. The van der Waals surface area contributed by atoms with Crippen molar-refractivity contribution >= 4 is 39.1 Å². The Morgan fingerprint density at radius 2 is 1.94 bits per heavy atom. The zero-order valence-corrected chi connectivity index (χ0v) is 19.3. The van der Waals surface area contributed by atoms with Crippen molar-refractivity contribution in [3.63, 3.8) is 0 Å². The number of benzene rings is 2. The summed E-state index contributed by atoms with van der Waals surface area (Å²) in [5.74, 6) is 0.157. The third-order valence-corrected chi connectivity index (χ3v) is 7.52. The average Bonchev–Trinajstić information content (AvgIpc) is 2.97. The number of hydrogen-bond donors (Lipinski definition) is 1. The Morgan fingerprint density at radius 3 is 2.65 bits per heavy atom. The molecule has 31 heavy (non-hydrogen) atoms. The molecule has 1 amide bonds. The molecule has 0 aliphatic carbocycles. The molecule has 6 nitrogen and oxygen atoms in total. The van der Waals surface area contributed by atoms with E-state index in [2.05, 4.69) is 9.71 Å². The molecule has 2 aliphatic heterocycles. The number of aryl methyl sites for hydroxylation is 1. The molecule has 2 aromatic rings. The maximum absolute atomic E-state index is 13.1. The third kappa shape index (κ3) is 4.34. The van der Waals surface area contributed by atoms with Gasteiger partial charge < -0.3 is 10.2 Å². The Labute approximate surface area is 188 Å². The summed E-state index contributed by atoms with van der Waals surface area (Å²) in [7, 11) is -3.88. The van der Waals surface area contributed by atoms with Crippen LogP contribution in [-0.2, 0) is 10.0 Å². The minimum Gasteiger partial charge on any atom is -0.345 e. The number of fused-ring (bicyclic) bond motifs is 3. The predicted molar refractivity (Wildman–Crippen MR) is 124 cm³/mol. The van der Waals surface area contributed by atoms with Gasteiger partial charge in [0.05, 0.1) is 22.3 Å². The largest absolute Gasteiger partial charge is 0.345 e. The zero-order valence-electron chi connectivity index (χ0n) is 17.7. The van der Waals surface area contributed by atoms with E-state index in [0.717, 1.165) is 30.4 Å². The number of amidine groups is 1. The molecule has 2 aliphatic rings. The number of anilines is 1. The number of nitrogens with zero attached hydrogens (tertiary/aromatic N) is 2. The first kappa shape index (κ1) is 21.8. The summed E-state index contributed by atoms with van der Waals surface area (Å²) in [4.78, 5) is 15.0. The van der Waals surface area contributed by atoms with Crippen LogP contribution in [-0.4, -0.2) is 26.7 Å². The molecule has 4 rings (SSSR count). The number of carbonyl (C=O) groups is 1. The smallest absolute Gasteiger partial charge is 0.286 e. The van der Waals surface area contributed by atoms with Crippen molar-refractivity contribution in [2.75, 3.05) is 11.4 Å². The highest BCUT2D eigenvalue weighted by Crippen LogP contribution is 2.38. The van der Waals surface area contributed by atoms with E-state index in [-0.39, 0.29) is 21.5 Å². The molecular weight excluding hydrogens is 434 g/mol. The van der Waals surface area contributed by atoms with Gasteiger partial charge >= 0.3 is 0 Å². The number of rotatable bonds is 4. The standard InChI is InChI=1S/C23H26ClN3O3S/c1-3-19(16-10-8-15(2)9-11-16)25-23(28)17-13-21-20(14-18(17)24)27-12-6-4-5-7-22(27)26-31(21,29)30/h8-11,13-14,19H,3-7,12H2,1-2H3,(H,25,28). The van der Waals surface area contributed by atoms with E-state index in [4.69, 9.17) is 11.6 Å². The highest BCUT2D eigenvalue weighted by Gasteiger charge is 2.33. The van der Waals surface area contributed by atoms with E-state index < -0.39 is 15.9 Å². The lowest BCUT2D eigenvalue weighted by atomic mass is 10.0. The summed E-state index contributed by atoms with van der Waals surface area (Å²) in [5, 5.41) is 3.22. The second-order valence-corrected chi connectivity index (χ2v) is 10.1. The summed E-state index contributed by atoms with van der Waals surface area (Å²) in [5.41, 5.74) is 2.78. The van der Waals surface area contributed by atoms with Crippen LogP contribution in [0.4, 0.5) is 5.69 Å². The van der Waals surface area contributed by atoms with Crippen LogP contribution in [0.15, 0.2) is 45.7 Å². The van der Waals surface area contributed by atoms with Gasteiger partial charge in [0.2, 0.25) is 0 Å². The van der Waals surface area contributed by atoms with E-state index in [1.165, 1.54) is 6.07 Å². The predicted octanol–water partition coefficient (Wildman–Crippen LogP) is 5.01.